The van der Waals surface area contributed by atoms with E-state index in [9.17, 15) is 9.59 Å². The van der Waals surface area contributed by atoms with E-state index < -0.39 is 6.04 Å². The summed E-state index contributed by atoms with van der Waals surface area (Å²) in [7, 11) is 1.56. The number of para-hydroxylation sites is 1. The molecule has 0 saturated carbocycles. The number of ketones is 1. The van der Waals surface area contributed by atoms with E-state index in [4.69, 9.17) is 14.2 Å². The predicted molar refractivity (Wildman–Crippen MR) is 142 cm³/mol. The molecule has 0 aliphatic rings. The first-order chi connectivity index (χ1) is 18.1. The number of amides is 1. The number of ether oxygens (including phenoxy) is 3. The third-order valence-corrected chi connectivity index (χ3v) is 5.72. The average Bonchev–Trinajstić information content (AvgIpc) is 2.94. The van der Waals surface area contributed by atoms with Gasteiger partial charge in [0.2, 0.25) is 0 Å². The first-order valence-corrected chi connectivity index (χ1v) is 12.0. The number of rotatable bonds is 12. The lowest BCUT2D eigenvalue weighted by Crippen LogP contribution is -2.44. The van der Waals surface area contributed by atoms with Crippen molar-refractivity contribution in [2.45, 2.75) is 19.1 Å². The maximum Gasteiger partial charge on any atom is 0.251 e. The molecule has 0 fully saturated rings. The minimum absolute atomic E-state index is 0.0603. The number of nitrogens with one attached hydrogen (secondary N) is 1. The third kappa shape index (κ3) is 7.78. The van der Waals surface area contributed by atoms with Crippen molar-refractivity contribution in [2.75, 3.05) is 13.7 Å². The summed E-state index contributed by atoms with van der Waals surface area (Å²) >= 11 is 0. The monoisotopic (exact) mass is 495 g/mol. The van der Waals surface area contributed by atoms with Crippen LogP contribution in [-0.4, -0.2) is 31.4 Å². The number of hydrogen-bond acceptors (Lipinski definition) is 5. The molecule has 0 aromatic heterocycles. The molecule has 1 amide bonds. The summed E-state index contributed by atoms with van der Waals surface area (Å²) in [5.74, 6) is 1.57. The van der Waals surface area contributed by atoms with Gasteiger partial charge in [0.25, 0.3) is 5.91 Å². The first kappa shape index (κ1) is 25.7. The van der Waals surface area contributed by atoms with E-state index in [1.807, 2.05) is 84.9 Å². The Hall–Kier alpha value is -4.42. The van der Waals surface area contributed by atoms with Crippen LogP contribution in [0.15, 0.2) is 109 Å². The number of hydrogen-bond donors (Lipinski definition) is 1. The van der Waals surface area contributed by atoms with Gasteiger partial charge in [-0.15, -0.1) is 0 Å². The maximum absolute atomic E-state index is 13.3. The molecule has 4 aromatic carbocycles. The molecule has 1 atom stereocenters. The highest BCUT2D eigenvalue weighted by Crippen LogP contribution is 2.21. The Morgan fingerprint density at radius 2 is 1.30 bits per heavy atom. The summed E-state index contributed by atoms with van der Waals surface area (Å²) in [6.07, 6.45) is 0.147. The van der Waals surface area contributed by atoms with Gasteiger partial charge in [-0.2, -0.15) is 0 Å². The Kier molecular flexibility index (Phi) is 9.05. The Morgan fingerprint density at radius 1 is 0.703 bits per heavy atom. The summed E-state index contributed by atoms with van der Waals surface area (Å²) in [6.45, 7) is 0.402. The fourth-order valence-corrected chi connectivity index (χ4v) is 3.69. The number of carbonyl (C=O) groups excluding carboxylic acids is 2. The minimum atomic E-state index is -0.807. The van der Waals surface area contributed by atoms with Gasteiger partial charge < -0.3 is 19.5 Å². The van der Waals surface area contributed by atoms with E-state index in [2.05, 4.69) is 5.32 Å². The molecule has 0 bridgehead atoms. The van der Waals surface area contributed by atoms with Gasteiger partial charge in [0.15, 0.2) is 5.78 Å². The van der Waals surface area contributed by atoms with Crippen molar-refractivity contribution in [3.63, 3.8) is 0 Å². The summed E-state index contributed by atoms with van der Waals surface area (Å²) in [4.78, 5) is 26.1. The summed E-state index contributed by atoms with van der Waals surface area (Å²) in [5.41, 5.74) is 2.24. The van der Waals surface area contributed by atoms with Gasteiger partial charge in [-0.1, -0.05) is 60.7 Å². The van der Waals surface area contributed by atoms with Gasteiger partial charge in [0.05, 0.1) is 20.3 Å². The van der Waals surface area contributed by atoms with Crippen LogP contribution < -0.4 is 14.8 Å². The van der Waals surface area contributed by atoms with Crippen molar-refractivity contribution in [3.8, 4) is 17.2 Å². The largest absolute Gasteiger partial charge is 0.497 e. The Labute approximate surface area is 216 Å². The van der Waals surface area contributed by atoms with Gasteiger partial charge in [0.1, 0.15) is 23.3 Å². The van der Waals surface area contributed by atoms with E-state index in [0.717, 1.165) is 16.9 Å². The van der Waals surface area contributed by atoms with Crippen molar-refractivity contribution in [2.24, 2.45) is 0 Å². The predicted octanol–water partition coefficient (Wildman–Crippen LogP) is 5.61. The zero-order chi connectivity index (χ0) is 25.9. The van der Waals surface area contributed by atoms with Gasteiger partial charge in [-0.05, 0) is 59.7 Å². The molecule has 4 aromatic rings. The summed E-state index contributed by atoms with van der Waals surface area (Å²) in [5, 5.41) is 2.84. The molecule has 1 N–H and O–H groups in total. The van der Waals surface area contributed by atoms with Crippen LogP contribution in [0.25, 0.3) is 0 Å². The third-order valence-electron chi connectivity index (χ3n) is 5.72. The number of methoxy groups -OCH3 is 1. The second-order valence-electron chi connectivity index (χ2n) is 8.46. The van der Waals surface area contributed by atoms with Crippen molar-refractivity contribution < 1.29 is 23.8 Å². The average molecular weight is 496 g/mol. The lowest BCUT2D eigenvalue weighted by Gasteiger charge is -2.18. The molecule has 0 heterocycles. The smallest absolute Gasteiger partial charge is 0.251 e. The second kappa shape index (κ2) is 13.0. The van der Waals surface area contributed by atoms with Gasteiger partial charge in [-0.25, -0.2) is 0 Å². The molecule has 37 heavy (non-hydrogen) atoms. The first-order valence-electron chi connectivity index (χ1n) is 12.0. The van der Waals surface area contributed by atoms with E-state index in [1.165, 1.54) is 0 Å². The highest BCUT2D eigenvalue weighted by Gasteiger charge is 2.22. The molecule has 0 saturated heterocycles. The lowest BCUT2D eigenvalue weighted by atomic mass is 10.0. The lowest BCUT2D eigenvalue weighted by molar-refractivity contribution is -0.121. The zero-order valence-electron chi connectivity index (χ0n) is 20.6. The van der Waals surface area contributed by atoms with Crippen LogP contribution in [-0.2, 0) is 22.6 Å². The molecule has 1 unspecified atom stereocenters. The van der Waals surface area contributed by atoms with Crippen molar-refractivity contribution in [1.29, 1.82) is 0 Å². The van der Waals surface area contributed by atoms with Crippen molar-refractivity contribution >= 4 is 11.7 Å². The van der Waals surface area contributed by atoms with Crippen LogP contribution >= 0.6 is 0 Å². The van der Waals surface area contributed by atoms with Crippen molar-refractivity contribution in [1.82, 2.24) is 5.32 Å². The number of benzene rings is 4. The molecule has 0 spiro atoms. The molecule has 0 radical (unpaired) electrons. The van der Waals surface area contributed by atoms with E-state index >= 15 is 0 Å². The SMILES string of the molecule is COc1ccc(C(=O)NC(COCc2ccccc2)C(=O)Cc2ccc(Oc3ccccc3)cc2)cc1. The van der Waals surface area contributed by atoms with Gasteiger partial charge in [0, 0.05) is 12.0 Å². The Morgan fingerprint density at radius 3 is 1.95 bits per heavy atom. The molecular weight excluding hydrogens is 466 g/mol. The van der Waals surface area contributed by atoms with Gasteiger partial charge in [-0.3, -0.25) is 9.59 Å². The van der Waals surface area contributed by atoms with Crippen LogP contribution in [0.2, 0.25) is 0 Å². The molecule has 0 aliphatic heterocycles. The highest BCUT2D eigenvalue weighted by atomic mass is 16.5. The molecule has 6 nitrogen and oxygen atoms in total. The second-order valence-corrected chi connectivity index (χ2v) is 8.46. The normalized spacial score (nSPS) is 11.4. The van der Waals surface area contributed by atoms with Crippen LogP contribution in [0.4, 0.5) is 0 Å². The quantitative estimate of drug-likeness (QED) is 0.276. The summed E-state index contributed by atoms with van der Waals surface area (Å²) in [6, 6.07) is 32.5. The molecule has 188 valence electrons. The Balaban J connectivity index is 1.41. The minimum Gasteiger partial charge on any atom is -0.497 e. The van der Waals surface area contributed by atoms with Gasteiger partial charge >= 0.3 is 0 Å². The highest BCUT2D eigenvalue weighted by molar-refractivity contribution is 5.98. The van der Waals surface area contributed by atoms with Crippen LogP contribution in [0, 0.1) is 0 Å². The van der Waals surface area contributed by atoms with E-state index in [-0.39, 0.29) is 24.7 Å². The maximum atomic E-state index is 13.3. The van der Waals surface area contributed by atoms with E-state index in [1.54, 1.807) is 31.4 Å². The topological polar surface area (TPSA) is 73.9 Å². The molecular formula is C31H29NO5. The standard InChI is InChI=1S/C31H29NO5/c1-35-26-18-14-25(15-19-26)31(34)32-29(22-36-21-24-8-4-2-5-9-24)30(33)20-23-12-16-28(17-13-23)37-27-10-6-3-7-11-27/h2-19,29H,20-22H2,1H3,(H,32,34). The van der Waals surface area contributed by atoms with Crippen LogP contribution in [0.5, 0.6) is 17.2 Å². The summed E-state index contributed by atoms with van der Waals surface area (Å²) < 4.78 is 16.8. The van der Waals surface area contributed by atoms with E-state index in [0.29, 0.717) is 23.7 Å². The fraction of sp³-hybridized carbons (Fsp3) is 0.161. The van der Waals surface area contributed by atoms with Crippen molar-refractivity contribution in [3.05, 3.63) is 126 Å². The molecule has 0 aliphatic carbocycles. The fourth-order valence-electron chi connectivity index (χ4n) is 3.69. The van der Waals surface area contributed by atoms with Crippen LogP contribution in [0.3, 0.4) is 0 Å². The molecule has 6 heteroatoms. The zero-order valence-corrected chi connectivity index (χ0v) is 20.6. The number of carbonyl (C=O) groups is 2. The molecule has 4 rings (SSSR count). The van der Waals surface area contributed by atoms with Crippen LogP contribution in [0.1, 0.15) is 21.5 Å². The number of Topliss-reactive ketones (excluding diaryl/α,β-unsaturated/α-hetero) is 1. The Bertz CT molecular complexity index is 1270.